The second-order valence-electron chi connectivity index (χ2n) is 4.63. The van der Waals surface area contributed by atoms with E-state index < -0.39 is 5.60 Å². The molecular weight excluding hydrogens is 212 g/mol. The summed E-state index contributed by atoms with van der Waals surface area (Å²) in [5.41, 5.74) is 2.38. The van der Waals surface area contributed by atoms with Crippen molar-refractivity contribution in [2.24, 2.45) is 0 Å². The van der Waals surface area contributed by atoms with E-state index in [4.69, 9.17) is 4.42 Å². The molecule has 0 saturated carbocycles. The minimum absolute atomic E-state index is 0.564. The first-order valence-corrected chi connectivity index (χ1v) is 5.94. The van der Waals surface area contributed by atoms with Gasteiger partial charge in [-0.15, -0.1) is 0 Å². The van der Waals surface area contributed by atoms with E-state index in [-0.39, 0.29) is 0 Å². The number of furan rings is 1. The molecule has 0 aliphatic heterocycles. The highest BCUT2D eigenvalue weighted by molar-refractivity contribution is 5.28. The van der Waals surface area contributed by atoms with E-state index in [0.29, 0.717) is 6.42 Å². The Kier molecular flexibility index (Phi) is 3.34. The molecule has 2 nitrogen and oxygen atoms in total. The highest BCUT2D eigenvalue weighted by atomic mass is 16.3. The molecule has 0 spiro atoms. The molecule has 1 aromatic heterocycles. The normalized spacial score (nSPS) is 14.5. The van der Waals surface area contributed by atoms with E-state index in [1.807, 2.05) is 25.1 Å². The van der Waals surface area contributed by atoms with Crippen molar-refractivity contribution >= 4 is 0 Å². The summed E-state index contributed by atoms with van der Waals surface area (Å²) in [4.78, 5) is 0. The zero-order chi connectivity index (χ0) is 12.3. The van der Waals surface area contributed by atoms with Crippen LogP contribution in [0.2, 0.25) is 0 Å². The molecule has 1 heterocycles. The molecule has 1 aromatic carbocycles. The fraction of sp³-hybridized carbons (Fsp3) is 0.333. The molecule has 0 saturated heterocycles. The Bertz CT molecular complexity index is 452. The van der Waals surface area contributed by atoms with Gasteiger partial charge in [0, 0.05) is 6.42 Å². The van der Waals surface area contributed by atoms with E-state index in [9.17, 15) is 5.11 Å². The largest absolute Gasteiger partial charge is 0.472 e. The second kappa shape index (κ2) is 4.76. The van der Waals surface area contributed by atoms with E-state index in [0.717, 1.165) is 17.5 Å². The maximum absolute atomic E-state index is 10.5. The molecule has 1 atom stereocenters. The fourth-order valence-corrected chi connectivity index (χ4v) is 1.99. The van der Waals surface area contributed by atoms with Gasteiger partial charge in [-0.3, -0.25) is 0 Å². The van der Waals surface area contributed by atoms with Crippen LogP contribution in [0.15, 0.2) is 47.3 Å². The molecule has 0 radical (unpaired) electrons. The summed E-state index contributed by atoms with van der Waals surface area (Å²) in [6.07, 6.45) is 4.89. The Hall–Kier alpha value is -1.54. The van der Waals surface area contributed by atoms with Crippen molar-refractivity contribution < 1.29 is 9.52 Å². The lowest BCUT2D eigenvalue weighted by molar-refractivity contribution is 0.0574. The molecule has 17 heavy (non-hydrogen) atoms. The summed E-state index contributed by atoms with van der Waals surface area (Å²) in [5.74, 6) is 0. The van der Waals surface area contributed by atoms with Gasteiger partial charge < -0.3 is 9.52 Å². The molecule has 2 aromatic rings. The topological polar surface area (TPSA) is 33.4 Å². The predicted octanol–water partition coefficient (Wildman–Crippen LogP) is 3.29. The van der Waals surface area contributed by atoms with Crippen LogP contribution < -0.4 is 0 Å². The number of hydrogen-bond acceptors (Lipinski definition) is 2. The lowest BCUT2D eigenvalue weighted by atomic mass is 9.89. The van der Waals surface area contributed by atoms with Crippen LogP contribution in [-0.4, -0.2) is 5.11 Å². The lowest BCUT2D eigenvalue weighted by Gasteiger charge is -2.23. The number of hydrogen-bond donors (Lipinski definition) is 1. The third-order valence-corrected chi connectivity index (χ3v) is 3.11. The summed E-state index contributed by atoms with van der Waals surface area (Å²) in [6.45, 7) is 3.96. The number of aryl methyl sites for hydroxylation is 1. The van der Waals surface area contributed by atoms with Crippen LogP contribution in [0.5, 0.6) is 0 Å². The molecule has 0 amide bonds. The Labute approximate surface area is 102 Å². The SMILES string of the molecule is CCc1ccc(C(C)(O)Cc2ccoc2)cc1. The summed E-state index contributed by atoms with van der Waals surface area (Å²) in [7, 11) is 0. The third-order valence-electron chi connectivity index (χ3n) is 3.11. The smallest absolute Gasteiger partial charge is 0.0935 e. The zero-order valence-corrected chi connectivity index (χ0v) is 10.3. The Balaban J connectivity index is 2.18. The summed E-state index contributed by atoms with van der Waals surface area (Å²) >= 11 is 0. The van der Waals surface area contributed by atoms with Gasteiger partial charge in [-0.05, 0) is 36.1 Å². The van der Waals surface area contributed by atoms with Crippen molar-refractivity contribution in [1.29, 1.82) is 0 Å². The van der Waals surface area contributed by atoms with E-state index in [1.165, 1.54) is 5.56 Å². The zero-order valence-electron chi connectivity index (χ0n) is 10.3. The van der Waals surface area contributed by atoms with Crippen molar-refractivity contribution in [3.05, 3.63) is 59.5 Å². The van der Waals surface area contributed by atoms with Crippen molar-refractivity contribution in [3.63, 3.8) is 0 Å². The van der Waals surface area contributed by atoms with Gasteiger partial charge in [0.1, 0.15) is 0 Å². The minimum Gasteiger partial charge on any atom is -0.472 e. The highest BCUT2D eigenvalue weighted by Crippen LogP contribution is 2.25. The lowest BCUT2D eigenvalue weighted by Crippen LogP contribution is -2.23. The average Bonchev–Trinajstić information content (AvgIpc) is 2.81. The first-order chi connectivity index (χ1) is 8.12. The molecule has 2 rings (SSSR count). The number of aliphatic hydroxyl groups is 1. The Morgan fingerprint density at radius 3 is 2.35 bits per heavy atom. The average molecular weight is 230 g/mol. The standard InChI is InChI=1S/C15H18O2/c1-3-12-4-6-14(7-5-12)15(2,16)10-13-8-9-17-11-13/h4-9,11,16H,3,10H2,1-2H3. The van der Waals surface area contributed by atoms with Gasteiger partial charge in [0.05, 0.1) is 18.1 Å². The predicted molar refractivity (Wildman–Crippen MR) is 67.8 cm³/mol. The molecule has 2 heteroatoms. The van der Waals surface area contributed by atoms with Gasteiger partial charge in [-0.1, -0.05) is 31.2 Å². The molecule has 0 aliphatic carbocycles. The van der Waals surface area contributed by atoms with Crippen molar-refractivity contribution in [3.8, 4) is 0 Å². The second-order valence-corrected chi connectivity index (χ2v) is 4.63. The van der Waals surface area contributed by atoms with Gasteiger partial charge >= 0.3 is 0 Å². The van der Waals surface area contributed by atoms with Crippen LogP contribution in [0.3, 0.4) is 0 Å². The maximum atomic E-state index is 10.5. The summed E-state index contributed by atoms with van der Waals surface area (Å²) in [6, 6.07) is 10.0. The van der Waals surface area contributed by atoms with Crippen LogP contribution >= 0.6 is 0 Å². The van der Waals surface area contributed by atoms with E-state index in [1.54, 1.807) is 12.5 Å². The van der Waals surface area contributed by atoms with Gasteiger partial charge in [-0.2, -0.15) is 0 Å². The molecule has 1 unspecified atom stereocenters. The van der Waals surface area contributed by atoms with Gasteiger partial charge in [0.25, 0.3) is 0 Å². The van der Waals surface area contributed by atoms with Crippen molar-refractivity contribution in [1.82, 2.24) is 0 Å². The minimum atomic E-state index is -0.851. The molecule has 0 bridgehead atoms. The van der Waals surface area contributed by atoms with Crippen LogP contribution in [0.1, 0.15) is 30.5 Å². The molecule has 90 valence electrons. The van der Waals surface area contributed by atoms with Gasteiger partial charge in [0.15, 0.2) is 0 Å². The number of rotatable bonds is 4. The third kappa shape index (κ3) is 2.77. The molecule has 0 aliphatic rings. The van der Waals surface area contributed by atoms with Crippen molar-refractivity contribution in [2.75, 3.05) is 0 Å². The van der Waals surface area contributed by atoms with Crippen LogP contribution in [0.25, 0.3) is 0 Å². The van der Waals surface area contributed by atoms with Gasteiger partial charge in [0.2, 0.25) is 0 Å². The first kappa shape index (κ1) is 11.9. The molecule has 0 fully saturated rings. The van der Waals surface area contributed by atoms with E-state index >= 15 is 0 Å². The van der Waals surface area contributed by atoms with Crippen molar-refractivity contribution in [2.45, 2.75) is 32.3 Å². The van der Waals surface area contributed by atoms with Crippen LogP contribution in [-0.2, 0) is 18.4 Å². The summed E-state index contributed by atoms with van der Waals surface area (Å²) in [5, 5.41) is 10.5. The van der Waals surface area contributed by atoms with E-state index in [2.05, 4.69) is 19.1 Å². The Morgan fingerprint density at radius 2 is 1.82 bits per heavy atom. The van der Waals surface area contributed by atoms with Crippen LogP contribution in [0.4, 0.5) is 0 Å². The molecule has 1 N–H and O–H groups in total. The highest BCUT2D eigenvalue weighted by Gasteiger charge is 2.23. The fourth-order valence-electron chi connectivity index (χ4n) is 1.99. The molecular formula is C15H18O2. The van der Waals surface area contributed by atoms with Gasteiger partial charge in [-0.25, -0.2) is 0 Å². The summed E-state index contributed by atoms with van der Waals surface area (Å²) < 4.78 is 5.02. The first-order valence-electron chi connectivity index (χ1n) is 5.94. The monoisotopic (exact) mass is 230 g/mol. The maximum Gasteiger partial charge on any atom is 0.0935 e. The number of benzene rings is 1. The van der Waals surface area contributed by atoms with Crippen LogP contribution in [0, 0.1) is 0 Å². The Morgan fingerprint density at radius 1 is 1.12 bits per heavy atom. The quantitative estimate of drug-likeness (QED) is 0.874.